The van der Waals surface area contributed by atoms with Crippen molar-refractivity contribution in [1.82, 2.24) is 15.7 Å². The second kappa shape index (κ2) is 6.13. The molecule has 2 fully saturated rings. The van der Waals surface area contributed by atoms with Gasteiger partial charge in [-0.3, -0.25) is 23.4 Å². The predicted molar refractivity (Wildman–Crippen MR) is 79.6 cm³/mol. The number of nitrogens with one attached hydrogen (secondary N) is 1. The number of phosphoric ester groups is 1. The lowest BCUT2D eigenvalue weighted by Crippen LogP contribution is -2.40. The standard InChI is InChI=1S/C9H10IN2O8P.H3N/c10-3-1-12(9(15)11-7(3)14)8-5(13)6-4(19-8)2-18-21(16,17)20-6;/h1,4-6,8,13H,2H2,(H,16,17)(H,11,14,15);1H3/t4-,5-,6-,8-;/m1./s1. The first-order valence-electron chi connectivity index (χ1n) is 5.79. The maximum atomic E-state index is 11.8. The summed E-state index contributed by atoms with van der Waals surface area (Å²) in [4.78, 5) is 34.5. The third-order valence-electron chi connectivity index (χ3n) is 3.16. The number of rotatable bonds is 1. The Bertz CT molecular complexity index is 734. The molecule has 6 N–H and O–H groups in total. The number of aliphatic hydroxyl groups is 1. The van der Waals surface area contributed by atoms with Crippen LogP contribution >= 0.6 is 30.4 Å². The molecule has 2 saturated heterocycles. The van der Waals surface area contributed by atoms with Crippen LogP contribution in [0.25, 0.3) is 0 Å². The summed E-state index contributed by atoms with van der Waals surface area (Å²) in [5.74, 6) is 0. The Balaban J connectivity index is 0.00000176. The zero-order valence-electron chi connectivity index (χ0n) is 10.9. The van der Waals surface area contributed by atoms with Crippen LogP contribution in [0.15, 0.2) is 15.8 Å². The average Bonchev–Trinajstić information content (AvgIpc) is 2.70. The monoisotopic (exact) mass is 449 g/mol. The zero-order chi connectivity index (χ0) is 15.4. The smallest absolute Gasteiger partial charge is 0.386 e. The molecule has 5 atom stereocenters. The Labute approximate surface area is 136 Å². The van der Waals surface area contributed by atoms with Gasteiger partial charge in [0.05, 0.1) is 10.2 Å². The molecule has 0 aromatic carbocycles. The number of aromatic amines is 1. The lowest BCUT2D eigenvalue weighted by Gasteiger charge is -2.27. The van der Waals surface area contributed by atoms with Crippen LogP contribution in [0.4, 0.5) is 0 Å². The molecule has 0 spiro atoms. The van der Waals surface area contributed by atoms with Gasteiger partial charge in [-0.1, -0.05) is 0 Å². The fourth-order valence-corrected chi connectivity index (χ4v) is 3.61. The first-order chi connectivity index (χ1) is 9.78. The van der Waals surface area contributed by atoms with E-state index in [0.717, 1.165) is 4.57 Å². The van der Waals surface area contributed by atoms with Crippen molar-refractivity contribution in [2.75, 3.05) is 6.61 Å². The molecule has 22 heavy (non-hydrogen) atoms. The maximum absolute atomic E-state index is 11.8. The number of hydrogen-bond donors (Lipinski definition) is 4. The van der Waals surface area contributed by atoms with Crippen LogP contribution in [0.5, 0.6) is 0 Å². The first-order valence-corrected chi connectivity index (χ1v) is 8.36. The minimum Gasteiger partial charge on any atom is -0.386 e. The number of H-pyrrole nitrogens is 1. The highest BCUT2D eigenvalue weighted by Gasteiger charge is 2.52. The van der Waals surface area contributed by atoms with Crippen LogP contribution < -0.4 is 17.4 Å². The Morgan fingerprint density at radius 1 is 1.45 bits per heavy atom. The van der Waals surface area contributed by atoms with Crippen LogP contribution in [0.2, 0.25) is 0 Å². The SMILES string of the molecule is N.O=c1[nH]c(=O)n([C@@H]2O[C@@H]3COP(=O)(O)O[C@H]3[C@H]2O)cc1I. The van der Waals surface area contributed by atoms with Gasteiger partial charge >= 0.3 is 13.5 Å². The second-order valence-corrected chi connectivity index (χ2v) is 7.10. The highest BCUT2D eigenvalue weighted by Crippen LogP contribution is 2.52. The van der Waals surface area contributed by atoms with Crippen LogP contribution in [0.3, 0.4) is 0 Å². The van der Waals surface area contributed by atoms with Gasteiger partial charge in [0, 0.05) is 6.20 Å². The van der Waals surface area contributed by atoms with Gasteiger partial charge < -0.3 is 20.9 Å². The van der Waals surface area contributed by atoms with E-state index in [-0.39, 0.29) is 16.3 Å². The van der Waals surface area contributed by atoms with E-state index < -0.39 is 43.6 Å². The lowest BCUT2D eigenvalue weighted by molar-refractivity contribution is -0.0686. The molecule has 0 bridgehead atoms. The molecular formula is C9H13IN3O8P. The quantitative estimate of drug-likeness (QED) is 0.312. The number of fused-ring (bicyclic) bond motifs is 1. The number of nitrogens with zero attached hydrogens (tertiary/aromatic N) is 1. The lowest BCUT2D eigenvalue weighted by atomic mass is 10.1. The second-order valence-electron chi connectivity index (χ2n) is 4.53. The van der Waals surface area contributed by atoms with E-state index in [0.29, 0.717) is 0 Å². The van der Waals surface area contributed by atoms with Crippen molar-refractivity contribution in [3.63, 3.8) is 0 Å². The summed E-state index contributed by atoms with van der Waals surface area (Å²) >= 11 is 1.73. The summed E-state index contributed by atoms with van der Waals surface area (Å²) in [6.07, 6.45) is -3.18. The Morgan fingerprint density at radius 2 is 2.14 bits per heavy atom. The molecule has 0 saturated carbocycles. The van der Waals surface area contributed by atoms with Crippen molar-refractivity contribution < 1.29 is 28.3 Å². The van der Waals surface area contributed by atoms with E-state index in [1.54, 1.807) is 22.6 Å². The van der Waals surface area contributed by atoms with Gasteiger partial charge in [0.25, 0.3) is 5.56 Å². The van der Waals surface area contributed by atoms with Crippen LogP contribution in [0.1, 0.15) is 6.23 Å². The molecule has 1 aromatic rings. The zero-order valence-corrected chi connectivity index (χ0v) is 14.0. The summed E-state index contributed by atoms with van der Waals surface area (Å²) in [5.41, 5.74) is -1.32. The average molecular weight is 449 g/mol. The van der Waals surface area contributed by atoms with Crippen LogP contribution in [-0.4, -0.2) is 44.5 Å². The fraction of sp³-hybridized carbons (Fsp3) is 0.556. The molecule has 0 amide bonds. The normalized spacial score (nSPS) is 37.4. The molecule has 11 nitrogen and oxygen atoms in total. The van der Waals surface area contributed by atoms with Gasteiger partial charge in [0.2, 0.25) is 0 Å². The molecule has 1 unspecified atom stereocenters. The van der Waals surface area contributed by atoms with E-state index in [1.807, 2.05) is 0 Å². The van der Waals surface area contributed by atoms with Gasteiger partial charge in [-0.2, -0.15) is 0 Å². The Hall–Kier alpha value is -0.600. The van der Waals surface area contributed by atoms with E-state index in [2.05, 4.69) is 9.51 Å². The van der Waals surface area contributed by atoms with Crippen molar-refractivity contribution in [3.05, 3.63) is 30.6 Å². The molecular weight excluding hydrogens is 436 g/mol. The first kappa shape index (κ1) is 17.7. The van der Waals surface area contributed by atoms with Crippen molar-refractivity contribution in [2.45, 2.75) is 24.5 Å². The molecule has 2 aliphatic rings. The van der Waals surface area contributed by atoms with Crippen molar-refractivity contribution in [2.24, 2.45) is 0 Å². The van der Waals surface area contributed by atoms with Crippen molar-refractivity contribution in [3.8, 4) is 0 Å². The number of hydrogen-bond acceptors (Lipinski definition) is 8. The van der Waals surface area contributed by atoms with E-state index in [9.17, 15) is 24.2 Å². The third-order valence-corrected chi connectivity index (χ3v) is 4.92. The summed E-state index contributed by atoms with van der Waals surface area (Å²) in [6, 6.07) is 0. The van der Waals surface area contributed by atoms with E-state index >= 15 is 0 Å². The molecule has 124 valence electrons. The van der Waals surface area contributed by atoms with Gasteiger partial charge in [0.1, 0.15) is 18.3 Å². The summed E-state index contributed by atoms with van der Waals surface area (Å²) < 4.78 is 27.4. The van der Waals surface area contributed by atoms with Gasteiger partial charge in [-0.25, -0.2) is 9.36 Å². The third kappa shape index (κ3) is 3.05. The van der Waals surface area contributed by atoms with E-state index in [1.165, 1.54) is 6.20 Å². The van der Waals surface area contributed by atoms with Crippen molar-refractivity contribution >= 4 is 30.4 Å². The van der Waals surface area contributed by atoms with E-state index in [4.69, 9.17) is 9.26 Å². The number of halogens is 1. The number of phosphoric acid groups is 1. The van der Waals surface area contributed by atoms with Gasteiger partial charge in [-0.15, -0.1) is 0 Å². The molecule has 13 heteroatoms. The Morgan fingerprint density at radius 3 is 2.82 bits per heavy atom. The molecule has 1 aromatic heterocycles. The largest absolute Gasteiger partial charge is 0.472 e. The molecule has 2 aliphatic heterocycles. The number of ether oxygens (including phenoxy) is 1. The van der Waals surface area contributed by atoms with Crippen molar-refractivity contribution in [1.29, 1.82) is 0 Å². The number of aliphatic hydroxyl groups excluding tert-OH is 1. The molecule has 3 heterocycles. The minimum atomic E-state index is -4.23. The van der Waals surface area contributed by atoms with Gasteiger partial charge in [0.15, 0.2) is 6.23 Å². The number of aromatic nitrogens is 2. The summed E-state index contributed by atoms with van der Waals surface area (Å²) in [7, 11) is -4.23. The Kier molecular flexibility index (Phi) is 4.94. The summed E-state index contributed by atoms with van der Waals surface area (Å²) in [6.45, 7) is -0.249. The molecule has 3 rings (SSSR count). The highest BCUT2D eigenvalue weighted by atomic mass is 127. The predicted octanol–water partition coefficient (Wildman–Crippen LogP) is -0.923. The van der Waals surface area contributed by atoms with Gasteiger partial charge in [-0.05, 0) is 22.6 Å². The fourth-order valence-electron chi connectivity index (χ4n) is 2.22. The molecule has 0 radical (unpaired) electrons. The highest BCUT2D eigenvalue weighted by molar-refractivity contribution is 14.1. The van der Waals surface area contributed by atoms with Crippen LogP contribution in [-0.2, 0) is 18.3 Å². The maximum Gasteiger partial charge on any atom is 0.472 e. The molecule has 0 aliphatic carbocycles. The van der Waals surface area contributed by atoms with Crippen LogP contribution in [0, 0.1) is 3.57 Å². The topological polar surface area (TPSA) is 175 Å². The minimum absolute atomic E-state index is 0. The summed E-state index contributed by atoms with van der Waals surface area (Å²) in [5, 5.41) is 10.2.